The Balaban J connectivity index is 1.75. The first-order valence-electron chi connectivity index (χ1n) is 7.88. The highest BCUT2D eigenvalue weighted by atomic mass is 16.2. The van der Waals surface area contributed by atoms with E-state index in [1.807, 2.05) is 11.8 Å². The van der Waals surface area contributed by atoms with Gasteiger partial charge in [0.25, 0.3) is 0 Å². The van der Waals surface area contributed by atoms with Gasteiger partial charge in [0.1, 0.15) is 0 Å². The van der Waals surface area contributed by atoms with Crippen LogP contribution in [0.15, 0.2) is 0 Å². The van der Waals surface area contributed by atoms with Crippen molar-refractivity contribution in [3.8, 4) is 0 Å². The fourth-order valence-electron chi connectivity index (χ4n) is 3.27. The summed E-state index contributed by atoms with van der Waals surface area (Å²) in [5.74, 6) is 0.288. The summed E-state index contributed by atoms with van der Waals surface area (Å²) in [6, 6.07) is 0.227. The minimum absolute atomic E-state index is 0.0987. The van der Waals surface area contributed by atoms with Crippen molar-refractivity contribution >= 4 is 11.8 Å². The van der Waals surface area contributed by atoms with Crippen LogP contribution in [-0.4, -0.2) is 41.4 Å². The normalized spacial score (nSPS) is 22.8. The summed E-state index contributed by atoms with van der Waals surface area (Å²) < 4.78 is 0. The molecule has 0 atom stereocenters. The molecule has 0 spiro atoms. The fourth-order valence-corrected chi connectivity index (χ4v) is 3.27. The number of amides is 2. The van der Waals surface area contributed by atoms with Crippen molar-refractivity contribution in [3.63, 3.8) is 0 Å². The van der Waals surface area contributed by atoms with Gasteiger partial charge in [0.15, 0.2) is 0 Å². The van der Waals surface area contributed by atoms with Gasteiger partial charge in [-0.25, -0.2) is 0 Å². The van der Waals surface area contributed by atoms with E-state index < -0.39 is 0 Å². The first kappa shape index (κ1) is 15.3. The second-order valence-electron chi connectivity index (χ2n) is 6.32. The summed E-state index contributed by atoms with van der Waals surface area (Å²) in [4.78, 5) is 25.6. The van der Waals surface area contributed by atoms with Crippen molar-refractivity contribution in [2.75, 3.05) is 13.1 Å². The third-order valence-corrected chi connectivity index (χ3v) is 4.64. The maximum atomic E-state index is 12.3. The number of nitrogens with zero attached hydrogens (tertiary/aromatic N) is 1. The topological polar surface area (TPSA) is 75.4 Å². The molecule has 20 heavy (non-hydrogen) atoms. The number of hydrogen-bond acceptors (Lipinski definition) is 3. The van der Waals surface area contributed by atoms with Gasteiger partial charge in [-0.1, -0.05) is 19.8 Å². The average Bonchev–Trinajstić information content (AvgIpc) is 2.85. The van der Waals surface area contributed by atoms with E-state index in [0.29, 0.717) is 12.8 Å². The monoisotopic (exact) mass is 281 g/mol. The number of likely N-dealkylation sites (tertiary alicyclic amines) is 1. The average molecular weight is 281 g/mol. The van der Waals surface area contributed by atoms with E-state index in [9.17, 15) is 9.59 Å². The summed E-state index contributed by atoms with van der Waals surface area (Å²) in [5, 5.41) is 3.01. The van der Waals surface area contributed by atoms with E-state index in [1.54, 1.807) is 0 Å². The summed E-state index contributed by atoms with van der Waals surface area (Å²) in [6.45, 7) is 3.34. The van der Waals surface area contributed by atoms with Gasteiger partial charge in [0.2, 0.25) is 11.8 Å². The molecule has 1 heterocycles. The molecule has 2 aliphatic rings. The molecule has 114 valence electrons. The molecule has 0 bridgehead atoms. The lowest BCUT2D eigenvalue weighted by atomic mass is 9.93. The summed E-state index contributed by atoms with van der Waals surface area (Å²) in [5.41, 5.74) is 6.01. The molecule has 0 aromatic rings. The molecular formula is C15H27N3O2. The Hall–Kier alpha value is -1.10. The van der Waals surface area contributed by atoms with Crippen molar-refractivity contribution in [2.45, 2.75) is 69.9 Å². The molecule has 5 nitrogen and oxygen atoms in total. The van der Waals surface area contributed by atoms with E-state index in [-0.39, 0.29) is 23.4 Å². The van der Waals surface area contributed by atoms with E-state index in [1.165, 1.54) is 0 Å². The quantitative estimate of drug-likeness (QED) is 0.812. The lowest BCUT2D eigenvalue weighted by Crippen LogP contribution is -2.49. The number of nitrogens with two attached hydrogens (primary N) is 1. The Bertz CT molecular complexity index is 356. The molecule has 1 aliphatic heterocycles. The molecular weight excluding hydrogens is 254 g/mol. The second kappa shape index (κ2) is 6.57. The van der Waals surface area contributed by atoms with Gasteiger partial charge < -0.3 is 16.0 Å². The summed E-state index contributed by atoms with van der Waals surface area (Å²) in [7, 11) is 0. The first-order chi connectivity index (χ1) is 9.52. The van der Waals surface area contributed by atoms with Crippen molar-refractivity contribution in [2.24, 2.45) is 5.73 Å². The molecule has 0 aromatic heterocycles. The lowest BCUT2D eigenvalue weighted by molar-refractivity contribution is -0.133. The fraction of sp³-hybridized carbons (Fsp3) is 0.867. The van der Waals surface area contributed by atoms with E-state index in [2.05, 4.69) is 5.32 Å². The van der Waals surface area contributed by atoms with Gasteiger partial charge in [0, 0.05) is 37.5 Å². The summed E-state index contributed by atoms with van der Waals surface area (Å²) >= 11 is 0. The van der Waals surface area contributed by atoms with Gasteiger partial charge in [-0.15, -0.1) is 0 Å². The van der Waals surface area contributed by atoms with Crippen LogP contribution in [0.3, 0.4) is 0 Å². The van der Waals surface area contributed by atoms with E-state index >= 15 is 0 Å². The number of piperidine rings is 1. The van der Waals surface area contributed by atoms with Crippen LogP contribution in [0.5, 0.6) is 0 Å². The third kappa shape index (κ3) is 3.95. The number of hydrogen-bond donors (Lipinski definition) is 2. The zero-order valence-corrected chi connectivity index (χ0v) is 12.5. The van der Waals surface area contributed by atoms with Crippen LogP contribution >= 0.6 is 0 Å². The van der Waals surface area contributed by atoms with Crippen LogP contribution in [0.1, 0.15) is 58.3 Å². The second-order valence-corrected chi connectivity index (χ2v) is 6.32. The molecule has 1 aliphatic carbocycles. The van der Waals surface area contributed by atoms with Gasteiger partial charge >= 0.3 is 0 Å². The first-order valence-corrected chi connectivity index (χ1v) is 7.88. The van der Waals surface area contributed by atoms with Crippen LogP contribution in [0.25, 0.3) is 0 Å². The molecule has 2 fully saturated rings. The maximum absolute atomic E-state index is 12.3. The van der Waals surface area contributed by atoms with Crippen LogP contribution < -0.4 is 11.1 Å². The number of carbonyl (C=O) groups excluding carboxylic acids is 2. The van der Waals surface area contributed by atoms with Crippen molar-refractivity contribution in [3.05, 3.63) is 0 Å². The standard InChI is InChI=1S/C15H27N3O2/c1-2-13(19)17-12-5-9-18(10-6-12)14(20)11-15(16)7-3-4-8-15/h12H,2-11,16H2,1H3,(H,17,19). The number of rotatable bonds is 4. The predicted octanol–water partition coefficient (Wildman–Crippen LogP) is 1.17. The van der Waals surface area contributed by atoms with Gasteiger partial charge in [-0.05, 0) is 25.7 Å². The maximum Gasteiger partial charge on any atom is 0.224 e. The molecule has 0 radical (unpaired) electrons. The zero-order valence-electron chi connectivity index (χ0n) is 12.5. The minimum atomic E-state index is -0.260. The zero-order chi connectivity index (χ0) is 14.6. The highest BCUT2D eigenvalue weighted by Crippen LogP contribution is 2.30. The van der Waals surface area contributed by atoms with Gasteiger partial charge in [0.05, 0.1) is 0 Å². The molecule has 3 N–H and O–H groups in total. The van der Waals surface area contributed by atoms with E-state index in [4.69, 9.17) is 5.73 Å². The third-order valence-electron chi connectivity index (χ3n) is 4.64. The number of carbonyl (C=O) groups is 2. The molecule has 2 rings (SSSR count). The lowest BCUT2D eigenvalue weighted by Gasteiger charge is -2.34. The van der Waals surface area contributed by atoms with Crippen LogP contribution in [0, 0.1) is 0 Å². The van der Waals surface area contributed by atoms with Crippen LogP contribution in [0.4, 0.5) is 0 Å². The highest BCUT2D eigenvalue weighted by molar-refractivity contribution is 5.78. The van der Waals surface area contributed by atoms with Crippen molar-refractivity contribution in [1.82, 2.24) is 10.2 Å². The SMILES string of the molecule is CCC(=O)NC1CCN(C(=O)CC2(N)CCCC2)CC1. The Labute approximate surface area is 121 Å². The van der Waals surface area contributed by atoms with Gasteiger partial charge in [-0.3, -0.25) is 9.59 Å². The largest absolute Gasteiger partial charge is 0.353 e. The van der Waals surface area contributed by atoms with Crippen LogP contribution in [0.2, 0.25) is 0 Å². The summed E-state index contributed by atoms with van der Waals surface area (Å²) in [6.07, 6.45) is 6.96. The molecule has 5 heteroatoms. The van der Waals surface area contributed by atoms with Gasteiger partial charge in [-0.2, -0.15) is 0 Å². The molecule has 1 saturated carbocycles. The Morgan fingerprint density at radius 2 is 1.85 bits per heavy atom. The molecule has 0 unspecified atom stereocenters. The highest BCUT2D eigenvalue weighted by Gasteiger charge is 2.34. The molecule has 0 aromatic carbocycles. The Kier molecular flexibility index (Phi) is 5.02. The minimum Gasteiger partial charge on any atom is -0.353 e. The van der Waals surface area contributed by atoms with Crippen LogP contribution in [-0.2, 0) is 9.59 Å². The van der Waals surface area contributed by atoms with Crippen molar-refractivity contribution in [1.29, 1.82) is 0 Å². The Morgan fingerprint density at radius 3 is 2.40 bits per heavy atom. The predicted molar refractivity (Wildman–Crippen MR) is 78.0 cm³/mol. The Morgan fingerprint density at radius 1 is 1.25 bits per heavy atom. The molecule has 1 saturated heterocycles. The van der Waals surface area contributed by atoms with E-state index in [0.717, 1.165) is 51.6 Å². The smallest absolute Gasteiger partial charge is 0.224 e. The number of nitrogens with one attached hydrogen (secondary N) is 1. The van der Waals surface area contributed by atoms with Crippen molar-refractivity contribution < 1.29 is 9.59 Å². The molecule has 2 amide bonds.